The lowest BCUT2D eigenvalue weighted by Gasteiger charge is -2.31. The first kappa shape index (κ1) is 14.0. The molecular formula is C14H20N2O3. The summed E-state index contributed by atoms with van der Waals surface area (Å²) in [6.07, 6.45) is 5.61. The second-order valence-corrected chi connectivity index (χ2v) is 4.98. The Hall–Kier alpha value is -1.46. The molecule has 1 fully saturated rings. The zero-order chi connectivity index (χ0) is 13.7. The van der Waals surface area contributed by atoms with Gasteiger partial charge < -0.3 is 9.84 Å². The second-order valence-electron chi connectivity index (χ2n) is 4.98. The van der Waals surface area contributed by atoms with Crippen molar-refractivity contribution in [3.63, 3.8) is 0 Å². The fourth-order valence-electron chi connectivity index (χ4n) is 2.33. The molecule has 5 heteroatoms. The van der Waals surface area contributed by atoms with Crippen LogP contribution in [0.1, 0.15) is 24.0 Å². The number of aliphatic carboxylic acids is 1. The van der Waals surface area contributed by atoms with Gasteiger partial charge in [0.25, 0.3) is 0 Å². The van der Waals surface area contributed by atoms with Crippen molar-refractivity contribution >= 4 is 5.97 Å². The minimum atomic E-state index is -0.895. The summed E-state index contributed by atoms with van der Waals surface area (Å²) >= 11 is 0. The molecular weight excluding hydrogens is 244 g/mol. The van der Waals surface area contributed by atoms with Crippen LogP contribution in [0.4, 0.5) is 0 Å². The lowest BCUT2D eigenvalue weighted by Crippen LogP contribution is -2.37. The number of carbonyl (C=O) groups is 1. The fourth-order valence-corrected chi connectivity index (χ4v) is 2.33. The highest BCUT2D eigenvalue weighted by Crippen LogP contribution is 2.17. The van der Waals surface area contributed by atoms with Gasteiger partial charge in [0.05, 0.1) is 6.10 Å². The summed E-state index contributed by atoms with van der Waals surface area (Å²) in [6, 6.07) is 2.03. The van der Waals surface area contributed by atoms with Crippen LogP contribution in [-0.4, -0.2) is 46.8 Å². The van der Waals surface area contributed by atoms with E-state index in [1.807, 2.05) is 18.5 Å². The second kappa shape index (κ2) is 6.63. The van der Waals surface area contributed by atoms with Gasteiger partial charge in [0.1, 0.15) is 6.61 Å². The number of carboxylic acid groups (broad SMARTS) is 1. The number of rotatable bonds is 5. The number of pyridine rings is 1. The Morgan fingerprint density at radius 1 is 1.53 bits per heavy atom. The van der Waals surface area contributed by atoms with Crippen molar-refractivity contribution in [2.75, 3.05) is 19.7 Å². The molecule has 2 rings (SSSR count). The van der Waals surface area contributed by atoms with Crippen LogP contribution >= 0.6 is 0 Å². The van der Waals surface area contributed by atoms with E-state index in [2.05, 4.69) is 16.8 Å². The molecule has 1 N–H and O–H groups in total. The molecule has 1 aliphatic heterocycles. The van der Waals surface area contributed by atoms with Crippen LogP contribution in [0.2, 0.25) is 0 Å². The molecule has 0 unspecified atom stereocenters. The number of likely N-dealkylation sites (tertiary alicyclic amines) is 1. The van der Waals surface area contributed by atoms with Crippen molar-refractivity contribution in [1.29, 1.82) is 0 Å². The zero-order valence-corrected chi connectivity index (χ0v) is 11.2. The van der Waals surface area contributed by atoms with Crippen LogP contribution in [0, 0.1) is 6.92 Å². The van der Waals surface area contributed by atoms with Crippen LogP contribution in [-0.2, 0) is 16.1 Å². The molecule has 104 valence electrons. The highest BCUT2D eigenvalue weighted by molar-refractivity contribution is 5.68. The van der Waals surface area contributed by atoms with Gasteiger partial charge in [0.15, 0.2) is 0 Å². The number of aromatic nitrogens is 1. The van der Waals surface area contributed by atoms with Gasteiger partial charge in [-0.15, -0.1) is 0 Å². The molecule has 0 saturated carbocycles. The topological polar surface area (TPSA) is 62.7 Å². The number of hydrogen-bond acceptors (Lipinski definition) is 4. The van der Waals surface area contributed by atoms with Crippen LogP contribution < -0.4 is 0 Å². The summed E-state index contributed by atoms with van der Waals surface area (Å²) in [6.45, 7) is 4.70. The van der Waals surface area contributed by atoms with E-state index in [9.17, 15) is 4.79 Å². The SMILES string of the molecule is Cc1ccncc1CN1CCC(OCC(=O)O)CC1. The van der Waals surface area contributed by atoms with E-state index in [4.69, 9.17) is 9.84 Å². The van der Waals surface area contributed by atoms with Crippen molar-refractivity contribution in [2.24, 2.45) is 0 Å². The molecule has 19 heavy (non-hydrogen) atoms. The Bertz CT molecular complexity index is 428. The Balaban J connectivity index is 1.77. The minimum Gasteiger partial charge on any atom is -0.480 e. The first-order valence-electron chi connectivity index (χ1n) is 6.60. The average molecular weight is 264 g/mol. The van der Waals surface area contributed by atoms with Crippen LogP contribution in [0.15, 0.2) is 18.5 Å². The molecule has 1 aromatic rings. The zero-order valence-electron chi connectivity index (χ0n) is 11.2. The van der Waals surface area contributed by atoms with E-state index in [1.165, 1.54) is 11.1 Å². The maximum atomic E-state index is 10.4. The van der Waals surface area contributed by atoms with Crippen molar-refractivity contribution in [2.45, 2.75) is 32.4 Å². The number of aryl methyl sites for hydroxylation is 1. The monoisotopic (exact) mass is 264 g/mol. The lowest BCUT2D eigenvalue weighted by molar-refractivity contribution is -0.145. The van der Waals surface area contributed by atoms with Gasteiger partial charge in [0, 0.05) is 32.0 Å². The first-order valence-corrected chi connectivity index (χ1v) is 6.60. The van der Waals surface area contributed by atoms with Gasteiger partial charge in [-0.2, -0.15) is 0 Å². The number of piperidine rings is 1. The Morgan fingerprint density at radius 2 is 2.26 bits per heavy atom. The van der Waals surface area contributed by atoms with E-state index >= 15 is 0 Å². The smallest absolute Gasteiger partial charge is 0.329 e. The van der Waals surface area contributed by atoms with Gasteiger partial charge in [0.2, 0.25) is 0 Å². The van der Waals surface area contributed by atoms with Crippen LogP contribution in [0.3, 0.4) is 0 Å². The third kappa shape index (κ3) is 4.29. The number of nitrogens with zero attached hydrogens (tertiary/aromatic N) is 2. The normalized spacial score (nSPS) is 17.5. The van der Waals surface area contributed by atoms with E-state index in [0.717, 1.165) is 32.5 Å². The molecule has 1 saturated heterocycles. The standard InChI is InChI=1S/C14H20N2O3/c1-11-2-5-15-8-12(11)9-16-6-3-13(4-7-16)19-10-14(17)18/h2,5,8,13H,3-4,6-7,9-10H2,1H3,(H,17,18). The molecule has 0 aliphatic carbocycles. The summed E-state index contributed by atoms with van der Waals surface area (Å²) in [5.74, 6) is -0.895. The first-order chi connectivity index (χ1) is 9.15. The van der Waals surface area contributed by atoms with Crippen LogP contribution in [0.5, 0.6) is 0 Å². The Kier molecular flexibility index (Phi) is 4.87. The van der Waals surface area contributed by atoms with Gasteiger partial charge in [-0.05, 0) is 37.0 Å². The van der Waals surface area contributed by atoms with Crippen molar-refractivity contribution in [3.8, 4) is 0 Å². The Labute approximate surface area is 113 Å². The molecule has 0 amide bonds. The lowest BCUT2D eigenvalue weighted by atomic mass is 10.1. The van der Waals surface area contributed by atoms with Crippen molar-refractivity contribution < 1.29 is 14.6 Å². The third-order valence-electron chi connectivity index (χ3n) is 3.52. The summed E-state index contributed by atoms with van der Waals surface area (Å²) in [4.78, 5) is 17.0. The van der Waals surface area contributed by atoms with Crippen molar-refractivity contribution in [1.82, 2.24) is 9.88 Å². The summed E-state index contributed by atoms with van der Waals surface area (Å²) in [5, 5.41) is 8.58. The predicted molar refractivity (Wildman–Crippen MR) is 70.9 cm³/mol. The number of ether oxygens (including phenoxy) is 1. The van der Waals surface area contributed by atoms with E-state index in [-0.39, 0.29) is 12.7 Å². The van der Waals surface area contributed by atoms with Gasteiger partial charge in [-0.1, -0.05) is 0 Å². The van der Waals surface area contributed by atoms with Crippen molar-refractivity contribution in [3.05, 3.63) is 29.6 Å². The van der Waals surface area contributed by atoms with Gasteiger partial charge in [-0.25, -0.2) is 4.79 Å². The molecule has 1 aliphatic rings. The van der Waals surface area contributed by atoms with Gasteiger partial charge in [-0.3, -0.25) is 9.88 Å². The maximum absolute atomic E-state index is 10.4. The molecule has 0 bridgehead atoms. The number of hydrogen-bond donors (Lipinski definition) is 1. The molecule has 0 atom stereocenters. The molecule has 1 aromatic heterocycles. The third-order valence-corrected chi connectivity index (χ3v) is 3.52. The van der Waals surface area contributed by atoms with Gasteiger partial charge >= 0.3 is 5.97 Å². The van der Waals surface area contributed by atoms with E-state index < -0.39 is 5.97 Å². The molecule has 0 spiro atoms. The summed E-state index contributed by atoms with van der Waals surface area (Å²) in [7, 11) is 0. The van der Waals surface area contributed by atoms with E-state index in [1.54, 1.807) is 0 Å². The maximum Gasteiger partial charge on any atom is 0.329 e. The largest absolute Gasteiger partial charge is 0.480 e. The summed E-state index contributed by atoms with van der Waals surface area (Å²) < 4.78 is 5.33. The summed E-state index contributed by atoms with van der Waals surface area (Å²) in [5.41, 5.74) is 2.52. The molecule has 0 aromatic carbocycles. The fraction of sp³-hybridized carbons (Fsp3) is 0.571. The highest BCUT2D eigenvalue weighted by Gasteiger charge is 2.20. The molecule has 0 radical (unpaired) electrons. The average Bonchev–Trinajstić information content (AvgIpc) is 2.40. The highest BCUT2D eigenvalue weighted by atomic mass is 16.5. The molecule has 5 nitrogen and oxygen atoms in total. The molecule has 2 heterocycles. The number of carboxylic acids is 1. The quantitative estimate of drug-likeness (QED) is 0.872. The van der Waals surface area contributed by atoms with Crippen LogP contribution in [0.25, 0.3) is 0 Å². The predicted octanol–water partition coefficient (Wildman–Crippen LogP) is 1.46. The minimum absolute atomic E-state index is 0.0855. The Morgan fingerprint density at radius 3 is 2.89 bits per heavy atom. The van der Waals surface area contributed by atoms with E-state index in [0.29, 0.717) is 0 Å².